The fourth-order valence-corrected chi connectivity index (χ4v) is 3.12. The summed E-state index contributed by atoms with van der Waals surface area (Å²) in [7, 11) is 0. The number of furan rings is 1. The van der Waals surface area contributed by atoms with Gasteiger partial charge < -0.3 is 9.73 Å². The van der Waals surface area contributed by atoms with Crippen LogP contribution in [0.25, 0.3) is 11.6 Å². The van der Waals surface area contributed by atoms with Gasteiger partial charge in [-0.3, -0.25) is 4.79 Å². The standard InChI is InChI=1S/C19H16N4O2S/c1-13-6-8-14(9-7-13)12-20-19-21-17(15-4-2-10-25-15)22-23(19)18(24)16-5-3-11-26-16/h2-11H,12H2,1H3,(H,20,21,22). The van der Waals surface area contributed by atoms with Crippen molar-refractivity contribution in [3.05, 3.63) is 76.2 Å². The number of nitrogens with zero attached hydrogens (tertiary/aromatic N) is 3. The van der Waals surface area contributed by atoms with Crippen LogP contribution in [0.2, 0.25) is 0 Å². The van der Waals surface area contributed by atoms with E-state index in [2.05, 4.69) is 15.4 Å². The summed E-state index contributed by atoms with van der Waals surface area (Å²) in [5, 5.41) is 9.41. The van der Waals surface area contributed by atoms with Gasteiger partial charge in [-0.1, -0.05) is 35.9 Å². The van der Waals surface area contributed by atoms with Gasteiger partial charge in [0.25, 0.3) is 5.91 Å². The first-order chi connectivity index (χ1) is 12.7. The zero-order chi connectivity index (χ0) is 17.9. The van der Waals surface area contributed by atoms with Crippen molar-refractivity contribution in [3.8, 4) is 11.6 Å². The molecule has 0 saturated heterocycles. The zero-order valence-corrected chi connectivity index (χ0v) is 14.9. The van der Waals surface area contributed by atoms with Crippen LogP contribution in [0.5, 0.6) is 0 Å². The van der Waals surface area contributed by atoms with Crippen molar-refractivity contribution in [1.29, 1.82) is 0 Å². The lowest BCUT2D eigenvalue weighted by Gasteiger charge is -2.06. The van der Waals surface area contributed by atoms with Crippen molar-refractivity contribution in [3.63, 3.8) is 0 Å². The summed E-state index contributed by atoms with van der Waals surface area (Å²) >= 11 is 1.37. The summed E-state index contributed by atoms with van der Waals surface area (Å²) < 4.78 is 6.65. The Morgan fingerprint density at radius 1 is 1.19 bits per heavy atom. The van der Waals surface area contributed by atoms with Crippen molar-refractivity contribution < 1.29 is 9.21 Å². The van der Waals surface area contributed by atoms with Gasteiger partial charge in [0.1, 0.15) is 0 Å². The van der Waals surface area contributed by atoms with Crippen LogP contribution >= 0.6 is 11.3 Å². The van der Waals surface area contributed by atoms with E-state index < -0.39 is 0 Å². The molecular formula is C19H16N4O2S. The predicted octanol–water partition coefficient (Wildman–Crippen LogP) is 4.21. The monoisotopic (exact) mass is 364 g/mol. The van der Waals surface area contributed by atoms with Crippen LogP contribution in [0.4, 0.5) is 5.95 Å². The second-order valence-corrected chi connectivity index (χ2v) is 6.72. The molecule has 1 N–H and O–H groups in total. The maximum Gasteiger partial charge on any atom is 0.291 e. The van der Waals surface area contributed by atoms with Crippen LogP contribution in [-0.4, -0.2) is 20.7 Å². The Labute approximate surface area is 154 Å². The van der Waals surface area contributed by atoms with Gasteiger partial charge in [0.15, 0.2) is 5.76 Å². The van der Waals surface area contributed by atoms with E-state index in [1.165, 1.54) is 21.6 Å². The van der Waals surface area contributed by atoms with Gasteiger partial charge in [-0.2, -0.15) is 9.67 Å². The number of hydrogen-bond acceptors (Lipinski definition) is 6. The lowest BCUT2D eigenvalue weighted by Crippen LogP contribution is -2.16. The molecule has 0 atom stereocenters. The van der Waals surface area contributed by atoms with E-state index in [0.29, 0.717) is 29.0 Å². The molecule has 0 bridgehead atoms. The lowest BCUT2D eigenvalue weighted by molar-refractivity contribution is 0.0951. The first kappa shape index (κ1) is 16.3. The largest absolute Gasteiger partial charge is 0.461 e. The quantitative estimate of drug-likeness (QED) is 0.574. The highest BCUT2D eigenvalue weighted by Gasteiger charge is 2.20. The van der Waals surface area contributed by atoms with E-state index in [9.17, 15) is 4.79 Å². The molecular weight excluding hydrogens is 348 g/mol. The molecule has 0 amide bonds. The molecule has 6 nitrogen and oxygen atoms in total. The Morgan fingerprint density at radius 3 is 2.73 bits per heavy atom. The molecule has 0 fully saturated rings. The Hall–Kier alpha value is -3.19. The van der Waals surface area contributed by atoms with Crippen LogP contribution in [0, 0.1) is 6.92 Å². The lowest BCUT2D eigenvalue weighted by atomic mass is 10.1. The molecule has 4 rings (SSSR count). The highest BCUT2D eigenvalue weighted by molar-refractivity contribution is 7.12. The van der Waals surface area contributed by atoms with Gasteiger partial charge in [-0.15, -0.1) is 16.4 Å². The summed E-state index contributed by atoms with van der Waals surface area (Å²) in [5.41, 5.74) is 2.29. The van der Waals surface area contributed by atoms with E-state index in [1.807, 2.05) is 42.6 Å². The van der Waals surface area contributed by atoms with Crippen molar-refractivity contribution >= 4 is 23.2 Å². The van der Waals surface area contributed by atoms with E-state index in [0.717, 1.165) is 5.56 Å². The van der Waals surface area contributed by atoms with Crippen molar-refractivity contribution in [2.24, 2.45) is 0 Å². The fourth-order valence-electron chi connectivity index (χ4n) is 2.47. The van der Waals surface area contributed by atoms with Crippen molar-refractivity contribution in [1.82, 2.24) is 14.8 Å². The molecule has 0 spiro atoms. The minimum atomic E-state index is -0.225. The van der Waals surface area contributed by atoms with Gasteiger partial charge in [-0.05, 0) is 36.1 Å². The average Bonchev–Trinajstić information content (AvgIpc) is 3.41. The topological polar surface area (TPSA) is 73.0 Å². The molecule has 1 aromatic carbocycles. The summed E-state index contributed by atoms with van der Waals surface area (Å²) in [6, 6.07) is 15.3. The smallest absolute Gasteiger partial charge is 0.291 e. The number of carbonyl (C=O) groups excluding carboxylic acids is 1. The van der Waals surface area contributed by atoms with Crippen LogP contribution in [0.3, 0.4) is 0 Å². The van der Waals surface area contributed by atoms with Gasteiger partial charge in [0.2, 0.25) is 11.8 Å². The highest BCUT2D eigenvalue weighted by atomic mass is 32.1. The molecule has 7 heteroatoms. The SMILES string of the molecule is Cc1ccc(CNc2nc(-c3ccco3)nn2C(=O)c2cccs2)cc1. The zero-order valence-electron chi connectivity index (χ0n) is 14.0. The molecule has 0 radical (unpaired) electrons. The van der Waals surface area contributed by atoms with Gasteiger partial charge in [0, 0.05) is 6.54 Å². The van der Waals surface area contributed by atoms with Crippen LogP contribution in [-0.2, 0) is 6.54 Å². The number of nitrogens with one attached hydrogen (secondary N) is 1. The Kier molecular flexibility index (Phi) is 4.37. The maximum absolute atomic E-state index is 12.8. The van der Waals surface area contributed by atoms with Crippen LogP contribution in [0.15, 0.2) is 64.6 Å². The highest BCUT2D eigenvalue weighted by Crippen LogP contribution is 2.21. The van der Waals surface area contributed by atoms with E-state index in [4.69, 9.17) is 4.42 Å². The molecule has 0 aliphatic heterocycles. The first-order valence-electron chi connectivity index (χ1n) is 8.09. The Morgan fingerprint density at radius 2 is 2.04 bits per heavy atom. The Bertz CT molecular complexity index is 1000. The minimum Gasteiger partial charge on any atom is -0.461 e. The number of anilines is 1. The molecule has 4 aromatic rings. The molecule has 0 unspecified atom stereocenters. The summed E-state index contributed by atoms with van der Waals surface area (Å²) in [6.07, 6.45) is 1.55. The fraction of sp³-hybridized carbons (Fsp3) is 0.105. The van der Waals surface area contributed by atoms with E-state index >= 15 is 0 Å². The summed E-state index contributed by atoms with van der Waals surface area (Å²) in [4.78, 5) is 17.8. The Balaban J connectivity index is 1.65. The van der Waals surface area contributed by atoms with Gasteiger partial charge in [-0.25, -0.2) is 0 Å². The molecule has 3 heterocycles. The number of rotatable bonds is 5. The van der Waals surface area contributed by atoms with Crippen molar-refractivity contribution in [2.75, 3.05) is 5.32 Å². The second-order valence-electron chi connectivity index (χ2n) is 5.77. The van der Waals surface area contributed by atoms with Gasteiger partial charge in [0.05, 0.1) is 11.1 Å². The molecule has 130 valence electrons. The van der Waals surface area contributed by atoms with Gasteiger partial charge >= 0.3 is 0 Å². The van der Waals surface area contributed by atoms with Crippen LogP contribution in [0.1, 0.15) is 20.8 Å². The third kappa shape index (κ3) is 3.29. The molecule has 3 aromatic heterocycles. The third-order valence-corrected chi connectivity index (χ3v) is 4.70. The number of benzene rings is 1. The normalized spacial score (nSPS) is 10.8. The molecule has 26 heavy (non-hydrogen) atoms. The number of thiophene rings is 1. The number of hydrogen-bond donors (Lipinski definition) is 1. The summed E-state index contributed by atoms with van der Waals surface area (Å²) in [6.45, 7) is 2.58. The van der Waals surface area contributed by atoms with Crippen molar-refractivity contribution in [2.45, 2.75) is 13.5 Å². The first-order valence-corrected chi connectivity index (χ1v) is 8.97. The summed E-state index contributed by atoms with van der Waals surface area (Å²) in [5.74, 6) is 1.04. The van der Waals surface area contributed by atoms with E-state index in [1.54, 1.807) is 24.5 Å². The second kappa shape index (κ2) is 6.97. The third-order valence-electron chi connectivity index (χ3n) is 3.84. The molecule has 0 aliphatic rings. The number of aromatic nitrogens is 3. The van der Waals surface area contributed by atoms with Crippen LogP contribution < -0.4 is 5.32 Å². The number of aryl methyl sites for hydroxylation is 1. The van der Waals surface area contributed by atoms with E-state index in [-0.39, 0.29) is 5.91 Å². The minimum absolute atomic E-state index is 0.225. The predicted molar refractivity (Wildman–Crippen MR) is 100 cm³/mol. The maximum atomic E-state index is 12.8. The molecule has 0 saturated carbocycles. The average molecular weight is 364 g/mol. The molecule has 0 aliphatic carbocycles. The number of carbonyl (C=O) groups is 1.